The number of azo groups is 1. The van der Waals surface area contributed by atoms with E-state index in [1.165, 1.54) is 32.4 Å². The number of fused-ring (bicyclic) bond motifs is 2. The van der Waals surface area contributed by atoms with Crippen LogP contribution in [0.5, 0.6) is 34.5 Å². The molecule has 8 rings (SSSR count). The van der Waals surface area contributed by atoms with Gasteiger partial charge < -0.3 is 48.9 Å². The van der Waals surface area contributed by atoms with Gasteiger partial charge in [-0.25, -0.2) is 0 Å². The van der Waals surface area contributed by atoms with Gasteiger partial charge in [0.25, 0.3) is 11.8 Å². The van der Waals surface area contributed by atoms with Crippen LogP contribution in [0, 0.1) is 11.3 Å². The molecule has 2 saturated heterocycles. The summed E-state index contributed by atoms with van der Waals surface area (Å²) in [7, 11) is 5.94. The summed E-state index contributed by atoms with van der Waals surface area (Å²) in [5, 5.41) is 28.5. The summed E-state index contributed by atoms with van der Waals surface area (Å²) in [6.07, 6.45) is 5.19. The summed E-state index contributed by atoms with van der Waals surface area (Å²) in [6, 6.07) is 16.4. The number of hydrogen-bond acceptors (Lipinski definition) is 17. The van der Waals surface area contributed by atoms with E-state index in [4.69, 9.17) is 51.6 Å². The molecule has 77 heavy (non-hydrogen) atoms. The number of methoxy groups -OCH3 is 4. The Morgan fingerprint density at radius 2 is 1.60 bits per heavy atom. The number of imide groups is 1. The number of carbonyl (C=O) groups excluding carboxylic acids is 5. The molecule has 5 amide bonds. The van der Waals surface area contributed by atoms with E-state index >= 15 is 0 Å². The Kier molecular flexibility index (Phi) is 18.5. The minimum atomic E-state index is -0.759. The Balaban J connectivity index is 0.723. The first-order valence-corrected chi connectivity index (χ1v) is 25.8. The number of nitrogens with one attached hydrogen (secondary N) is 3. The zero-order valence-corrected chi connectivity index (χ0v) is 44.6. The van der Waals surface area contributed by atoms with Crippen molar-refractivity contribution >= 4 is 86.4 Å². The largest absolute Gasteiger partial charge is 0.495 e. The second kappa shape index (κ2) is 25.7. The van der Waals surface area contributed by atoms with E-state index in [0.29, 0.717) is 123 Å². The number of hydrogen-bond donors (Lipinski definition) is 3. The van der Waals surface area contributed by atoms with Gasteiger partial charge in [0, 0.05) is 106 Å². The molecule has 0 spiro atoms. The molecule has 1 atom stereocenters. The van der Waals surface area contributed by atoms with Gasteiger partial charge in [0.2, 0.25) is 23.5 Å². The predicted molar refractivity (Wildman–Crippen MR) is 286 cm³/mol. The van der Waals surface area contributed by atoms with Gasteiger partial charge in [0.15, 0.2) is 29.6 Å². The average Bonchev–Trinajstić information content (AvgIpc) is 3.78. The maximum atomic E-state index is 13.3. The highest BCUT2D eigenvalue weighted by atomic mass is 35.5. The van der Waals surface area contributed by atoms with Crippen molar-refractivity contribution in [2.75, 3.05) is 86.2 Å². The number of piperidine rings is 1. The second-order valence-corrected chi connectivity index (χ2v) is 19.0. The van der Waals surface area contributed by atoms with Crippen LogP contribution in [-0.4, -0.2) is 136 Å². The number of nitriles is 1. The number of pyridine rings is 1. The molecule has 3 N–H and O–H groups in total. The zero-order valence-electron chi connectivity index (χ0n) is 43.0. The van der Waals surface area contributed by atoms with Crippen molar-refractivity contribution in [2.24, 2.45) is 10.2 Å². The van der Waals surface area contributed by atoms with Gasteiger partial charge >= 0.3 is 0 Å². The number of aromatic nitrogens is 1. The van der Waals surface area contributed by atoms with Crippen molar-refractivity contribution in [3.63, 3.8) is 0 Å². The third-order valence-corrected chi connectivity index (χ3v) is 14.0. The third kappa shape index (κ3) is 13.2. The molecular formula is C54H58Cl2N10O11. The number of halogens is 2. The monoisotopic (exact) mass is 1090 g/mol. The Morgan fingerprint density at radius 3 is 2.31 bits per heavy atom. The fourth-order valence-corrected chi connectivity index (χ4v) is 9.80. The molecule has 2 fully saturated rings. The van der Waals surface area contributed by atoms with Crippen LogP contribution >= 0.6 is 23.2 Å². The Hall–Kier alpha value is -7.93. The first-order valence-electron chi connectivity index (χ1n) is 25.0. The van der Waals surface area contributed by atoms with E-state index in [-0.39, 0.29) is 66.9 Å². The van der Waals surface area contributed by atoms with Crippen LogP contribution in [0.15, 0.2) is 71.0 Å². The number of carbonyl (C=O) groups is 5. The number of nitrogens with zero attached hydrogens (tertiary/aromatic N) is 7. The minimum Gasteiger partial charge on any atom is -0.495 e. The molecule has 0 saturated carbocycles. The molecule has 1 aromatic heterocycles. The number of piperazine rings is 1. The van der Waals surface area contributed by atoms with E-state index < -0.39 is 11.9 Å². The van der Waals surface area contributed by atoms with Gasteiger partial charge in [0.1, 0.15) is 17.9 Å². The molecule has 0 aliphatic carbocycles. The lowest BCUT2D eigenvalue weighted by atomic mass is 10.0. The van der Waals surface area contributed by atoms with Gasteiger partial charge in [-0.05, 0) is 49.9 Å². The summed E-state index contributed by atoms with van der Waals surface area (Å²) < 4.78 is 34.2. The summed E-state index contributed by atoms with van der Waals surface area (Å²) >= 11 is 12.7. The van der Waals surface area contributed by atoms with E-state index in [9.17, 15) is 29.2 Å². The predicted octanol–water partition coefficient (Wildman–Crippen LogP) is 8.04. The number of ether oxygens (including phenoxy) is 6. The van der Waals surface area contributed by atoms with Gasteiger partial charge in [-0.2, -0.15) is 15.5 Å². The third-order valence-electron chi connectivity index (χ3n) is 13.4. The Labute approximate surface area is 454 Å². The van der Waals surface area contributed by atoms with E-state index in [2.05, 4.69) is 42.1 Å². The second-order valence-electron chi connectivity index (χ2n) is 18.2. The number of amides is 5. The lowest BCUT2D eigenvalue weighted by Gasteiger charge is -2.34. The summed E-state index contributed by atoms with van der Waals surface area (Å²) in [4.78, 5) is 73.5. The highest BCUT2D eigenvalue weighted by molar-refractivity contribution is 6.37. The zero-order chi connectivity index (χ0) is 54.6. The highest BCUT2D eigenvalue weighted by Gasteiger charge is 2.40. The summed E-state index contributed by atoms with van der Waals surface area (Å²) in [5.74, 6) is 0.721. The number of unbranched alkanes of at least 4 members (excludes halogenated alkanes) is 2. The SMILES string of the molecule is COc1cc(Nc2c(C#N)cnc3cc(OCCCN4CCN(C(=O)CCCCCNC(=O)COc5c(OC)cc(N=Nc6cccc7c6CN(C6CCC(=O)NC6=O)C7=O)cc5OC)CC4)c(OC)cc23)c(Cl)cc1Cl. The van der Waals surface area contributed by atoms with Crippen LogP contribution in [0.25, 0.3) is 10.9 Å². The molecule has 3 aliphatic rings. The van der Waals surface area contributed by atoms with Gasteiger partial charge in [0.05, 0.1) is 78.9 Å². The molecule has 3 aliphatic heterocycles. The van der Waals surface area contributed by atoms with E-state index in [1.807, 2.05) is 4.90 Å². The number of anilines is 2. The fourth-order valence-electron chi connectivity index (χ4n) is 9.29. The quantitative estimate of drug-likeness (QED) is 0.0318. The molecule has 0 bridgehead atoms. The van der Waals surface area contributed by atoms with E-state index in [1.54, 1.807) is 61.7 Å². The van der Waals surface area contributed by atoms with Crippen LogP contribution < -0.4 is 44.4 Å². The summed E-state index contributed by atoms with van der Waals surface area (Å²) in [6.45, 7) is 4.26. The van der Waals surface area contributed by atoms with Crippen LogP contribution in [0.2, 0.25) is 10.0 Å². The Bertz CT molecular complexity index is 3100. The van der Waals surface area contributed by atoms with Crippen molar-refractivity contribution < 1.29 is 52.4 Å². The van der Waals surface area contributed by atoms with Crippen molar-refractivity contribution in [3.05, 3.63) is 87.5 Å². The average molecular weight is 1090 g/mol. The van der Waals surface area contributed by atoms with E-state index in [0.717, 1.165) is 32.5 Å². The standard InChI is InChI=1S/C54H58Cl2N10O11/c1-72-43-27-41(37(55)25-38(43)56)60-51-32(28-57)29-59-40-26-45(44(73-2)24-35(40)51)76-21-9-16-64-17-19-65(20-18-64)50(69)12-6-5-7-15-58-49(68)31-77-52-46(74-3)22-33(23-47(52)75-4)62-63-39-11-8-10-34-36(39)30-66(54(34)71)42-13-14-48(67)61-53(42)70/h8,10-11,22-27,29,42H,5-7,9,12-21,30-31H2,1-4H3,(H,58,68)(H,59,60)(H,61,67,70). The molecule has 404 valence electrons. The van der Waals surface area contributed by atoms with Gasteiger partial charge in [-0.3, -0.25) is 39.2 Å². The first-order chi connectivity index (χ1) is 37.3. The molecule has 23 heteroatoms. The lowest BCUT2D eigenvalue weighted by Crippen LogP contribution is -2.52. The van der Waals surface area contributed by atoms with Crippen LogP contribution in [0.3, 0.4) is 0 Å². The molecule has 4 heterocycles. The normalized spacial score (nSPS) is 15.5. The lowest BCUT2D eigenvalue weighted by molar-refractivity contribution is -0.137. The molecule has 4 aromatic carbocycles. The molecular weight excluding hydrogens is 1040 g/mol. The van der Waals surface area contributed by atoms with Crippen LogP contribution in [-0.2, 0) is 25.7 Å². The minimum absolute atomic E-state index is 0.118. The van der Waals surface area contributed by atoms with Gasteiger partial charge in [-0.1, -0.05) is 35.7 Å². The maximum absolute atomic E-state index is 13.3. The molecule has 0 radical (unpaired) electrons. The topological polar surface area (TPSA) is 248 Å². The number of benzene rings is 4. The molecule has 1 unspecified atom stereocenters. The fraction of sp³-hybridized carbons (Fsp3) is 0.389. The van der Waals surface area contributed by atoms with Crippen molar-refractivity contribution in [1.82, 2.24) is 30.3 Å². The van der Waals surface area contributed by atoms with Gasteiger partial charge in [-0.15, -0.1) is 0 Å². The maximum Gasteiger partial charge on any atom is 0.257 e. The Morgan fingerprint density at radius 1 is 0.844 bits per heavy atom. The number of rotatable bonds is 23. The molecule has 5 aromatic rings. The van der Waals surface area contributed by atoms with Crippen molar-refractivity contribution in [2.45, 2.75) is 57.5 Å². The first kappa shape index (κ1) is 55.3. The van der Waals surface area contributed by atoms with Crippen LogP contribution in [0.1, 0.15) is 66.4 Å². The summed E-state index contributed by atoms with van der Waals surface area (Å²) in [5.41, 5.74) is 3.68. The molecule has 21 nitrogen and oxygen atoms in total. The highest BCUT2D eigenvalue weighted by Crippen LogP contribution is 2.43. The van der Waals surface area contributed by atoms with Crippen molar-refractivity contribution in [3.8, 4) is 40.6 Å². The van der Waals surface area contributed by atoms with Crippen molar-refractivity contribution in [1.29, 1.82) is 5.26 Å². The van der Waals surface area contributed by atoms with Crippen LogP contribution in [0.4, 0.5) is 22.7 Å². The smallest absolute Gasteiger partial charge is 0.257 e.